The van der Waals surface area contributed by atoms with Crippen molar-refractivity contribution in [2.45, 2.75) is 625 Å². The Labute approximate surface area is 766 Å². The molecular formula is C117H214N2Ni. The third-order valence-electron chi connectivity index (χ3n) is 26.5. The summed E-state index contributed by atoms with van der Waals surface area (Å²) in [4.78, 5) is 0. The first-order valence-electron chi connectivity index (χ1n) is 55.4. The van der Waals surface area contributed by atoms with Gasteiger partial charge >= 0.3 is 16.5 Å². The zero-order chi connectivity index (χ0) is 85.5. The SMILES string of the molecule is CCCCCCCCCCCC=CC1=C(c2cccc(CCCCCCCCCCCCCCCCCCCCC)c2)[N+](=[N-])C(c2cccc(CCCCCCCCCCCCCCCCCCCCC)c2)=C1.[CH2-]CCCCCCCCCCCCCCCCCCCCCC.[CH2-]CCCCCCCCCCCCCCCCCCCCCC.[Ni+2]. The number of nitrogens with zero attached hydrogens (tertiary/aromatic N) is 2. The van der Waals surface area contributed by atoms with Gasteiger partial charge in [0.15, 0.2) is 0 Å². The molecule has 0 unspecified atom stereocenters. The van der Waals surface area contributed by atoms with Gasteiger partial charge in [-0.1, -0.05) is 610 Å². The van der Waals surface area contributed by atoms with Crippen LogP contribution in [0.4, 0.5) is 0 Å². The number of rotatable bonds is 93. The van der Waals surface area contributed by atoms with E-state index in [9.17, 15) is 5.53 Å². The Balaban J connectivity index is 0.00000244. The molecule has 1 aliphatic heterocycles. The molecule has 0 aliphatic carbocycles. The van der Waals surface area contributed by atoms with Gasteiger partial charge in [0.25, 0.3) is 0 Å². The van der Waals surface area contributed by atoms with Crippen LogP contribution in [-0.4, -0.2) is 4.70 Å². The summed E-state index contributed by atoms with van der Waals surface area (Å²) in [6.07, 6.45) is 137. The summed E-state index contributed by atoms with van der Waals surface area (Å²) < 4.78 is 1.50. The molecule has 120 heavy (non-hydrogen) atoms. The normalized spacial score (nSPS) is 12.1. The minimum Gasteiger partial charge on any atom is -0.493 e. The van der Waals surface area contributed by atoms with Crippen molar-refractivity contribution in [3.63, 3.8) is 0 Å². The van der Waals surface area contributed by atoms with Gasteiger partial charge in [0, 0.05) is 17.2 Å². The van der Waals surface area contributed by atoms with E-state index in [1.807, 2.05) is 0 Å². The first-order chi connectivity index (χ1) is 59.0. The monoisotopic (exact) mass is 1710 g/mol. The number of hydrogen-bond acceptors (Lipinski definition) is 0. The van der Waals surface area contributed by atoms with Crippen molar-refractivity contribution in [3.8, 4) is 0 Å². The molecule has 0 aromatic heterocycles. The predicted octanol–water partition coefficient (Wildman–Crippen LogP) is 43.0. The Morgan fingerprint density at radius 1 is 0.242 bits per heavy atom. The van der Waals surface area contributed by atoms with E-state index >= 15 is 0 Å². The molecule has 2 aromatic rings. The standard InChI is InChI=1S/C71H120N2.2C23H47.Ni/c1-4-7-10-13-16-19-22-24-26-28-30-32-34-36-39-41-44-47-50-55-65-57-53-60-67(62-65)70-64-69(59-52-49-46-43-38-21-18-15-12-9-6-3)71(73(70)72)68-61-54-58-66(63-68)56-51-48-45-42-40-37-35-33-31-29-27-25-23-20-17-14-11-8-5-2;2*1-3-5-7-9-11-13-15-17-19-21-23-22-20-18-16-14-12-10-8-6-4-2;/h52-54,57-64H,4-51,55-56H2,1-3H3;2*1,3-23H2,2H3;/q;2*-1;+2. The minimum atomic E-state index is 0. The molecule has 0 saturated carbocycles. The molecular weight excluding hydrogens is 1490 g/mol. The van der Waals surface area contributed by atoms with Crippen molar-refractivity contribution in [1.82, 2.24) is 0 Å². The fraction of sp³-hybridized carbons (Fsp3) is 0.829. The number of unbranched alkanes of at least 4 members (excludes halogenated alkanes) is 85. The molecule has 3 rings (SSSR count). The van der Waals surface area contributed by atoms with Crippen LogP contribution in [0.15, 0.2) is 72.3 Å². The van der Waals surface area contributed by atoms with Crippen molar-refractivity contribution in [2.24, 2.45) is 0 Å². The smallest absolute Gasteiger partial charge is 0.493 e. The molecule has 0 spiro atoms. The topological polar surface area (TPSA) is 25.3 Å². The summed E-state index contributed by atoms with van der Waals surface area (Å²) in [5.74, 6) is 0. The van der Waals surface area contributed by atoms with E-state index in [0.717, 1.165) is 60.2 Å². The van der Waals surface area contributed by atoms with E-state index < -0.39 is 0 Å². The molecule has 702 valence electrons. The Morgan fingerprint density at radius 3 is 0.658 bits per heavy atom. The minimum absolute atomic E-state index is 0. The summed E-state index contributed by atoms with van der Waals surface area (Å²) in [6, 6.07) is 18.1. The van der Waals surface area contributed by atoms with Gasteiger partial charge in [-0.15, -0.1) is 0 Å². The van der Waals surface area contributed by atoms with Gasteiger partial charge in [0.1, 0.15) is 0 Å². The van der Waals surface area contributed by atoms with Crippen LogP contribution in [0.3, 0.4) is 0 Å². The van der Waals surface area contributed by atoms with Crippen LogP contribution in [0.2, 0.25) is 0 Å². The van der Waals surface area contributed by atoms with Crippen LogP contribution in [0, 0.1) is 13.8 Å². The molecule has 0 amide bonds. The maximum Gasteiger partial charge on any atom is 2.00 e. The van der Waals surface area contributed by atoms with Crippen LogP contribution in [0.1, 0.15) is 635 Å². The molecule has 0 saturated heterocycles. The van der Waals surface area contributed by atoms with Crippen molar-refractivity contribution in [1.29, 1.82) is 0 Å². The summed E-state index contributed by atoms with van der Waals surface area (Å²) >= 11 is 0. The second-order valence-corrected chi connectivity index (χ2v) is 38.4. The van der Waals surface area contributed by atoms with E-state index in [2.05, 4.69) is 115 Å². The van der Waals surface area contributed by atoms with Gasteiger partial charge in [-0.05, 0) is 73.9 Å². The van der Waals surface area contributed by atoms with Crippen molar-refractivity contribution < 1.29 is 21.2 Å². The van der Waals surface area contributed by atoms with Gasteiger partial charge < -0.3 is 19.4 Å². The van der Waals surface area contributed by atoms with Crippen LogP contribution < -0.4 is 0 Å². The fourth-order valence-corrected chi connectivity index (χ4v) is 18.4. The van der Waals surface area contributed by atoms with E-state index in [4.69, 9.17) is 0 Å². The van der Waals surface area contributed by atoms with Gasteiger partial charge in [0.2, 0.25) is 11.4 Å². The molecule has 0 bridgehead atoms. The summed E-state index contributed by atoms with van der Waals surface area (Å²) in [5, 5.41) is 0. The van der Waals surface area contributed by atoms with Gasteiger partial charge in [-0.2, -0.15) is 12.8 Å². The molecule has 0 atom stereocenters. The summed E-state index contributed by atoms with van der Waals surface area (Å²) in [7, 11) is 0. The van der Waals surface area contributed by atoms with Crippen molar-refractivity contribution in [2.75, 3.05) is 0 Å². The quantitative estimate of drug-likeness (QED) is 0.0273. The Kier molecular flexibility index (Phi) is 98.6. The first-order valence-corrected chi connectivity index (χ1v) is 55.4. The summed E-state index contributed by atoms with van der Waals surface area (Å²) in [6.45, 7) is 19.3. The van der Waals surface area contributed by atoms with E-state index in [-0.39, 0.29) is 16.5 Å². The van der Waals surface area contributed by atoms with E-state index in [1.165, 1.54) is 574 Å². The molecule has 1 heterocycles. The first kappa shape index (κ1) is 118. The third-order valence-corrected chi connectivity index (χ3v) is 26.5. The van der Waals surface area contributed by atoms with Crippen LogP contribution in [0.5, 0.6) is 0 Å². The zero-order valence-electron chi connectivity index (χ0n) is 82.5. The molecule has 0 radical (unpaired) electrons. The van der Waals surface area contributed by atoms with E-state index in [1.54, 1.807) is 0 Å². The van der Waals surface area contributed by atoms with Crippen LogP contribution >= 0.6 is 0 Å². The average molecular weight is 1710 g/mol. The van der Waals surface area contributed by atoms with Gasteiger partial charge in [0.05, 0.1) is 5.57 Å². The van der Waals surface area contributed by atoms with Crippen molar-refractivity contribution >= 4 is 11.4 Å². The molecule has 0 N–H and O–H groups in total. The summed E-state index contributed by atoms with van der Waals surface area (Å²) in [5.41, 5.74) is 20.0. The average Bonchev–Trinajstić information content (AvgIpc) is 1.63. The maximum atomic E-state index is 12.0. The molecule has 0 fully saturated rings. The molecule has 2 aromatic carbocycles. The van der Waals surface area contributed by atoms with Gasteiger partial charge in [-0.3, -0.25) is 0 Å². The number of benzene rings is 2. The van der Waals surface area contributed by atoms with Crippen molar-refractivity contribution in [3.05, 3.63) is 114 Å². The third kappa shape index (κ3) is 81.5. The zero-order valence-corrected chi connectivity index (χ0v) is 83.5. The van der Waals surface area contributed by atoms with E-state index in [0.29, 0.717) is 0 Å². The number of allylic oxidation sites excluding steroid dienone is 4. The van der Waals surface area contributed by atoms with Gasteiger partial charge in [-0.25, -0.2) is 4.70 Å². The maximum absolute atomic E-state index is 12.0. The van der Waals surface area contributed by atoms with Crippen LogP contribution in [-0.2, 0) is 29.3 Å². The molecule has 3 heteroatoms. The fourth-order valence-electron chi connectivity index (χ4n) is 18.4. The van der Waals surface area contributed by atoms with Crippen LogP contribution in [0.25, 0.3) is 16.9 Å². The predicted molar refractivity (Wildman–Crippen MR) is 543 cm³/mol. The largest absolute Gasteiger partial charge is 2.00 e. The molecule has 2 nitrogen and oxygen atoms in total. The Morgan fingerprint density at radius 2 is 0.433 bits per heavy atom. The second-order valence-electron chi connectivity index (χ2n) is 38.4. The molecule has 1 aliphatic rings. The Bertz CT molecular complexity index is 2330. The number of aryl methyl sites for hydroxylation is 2. The Hall–Kier alpha value is -2.25. The second kappa shape index (κ2) is 101. The number of hydrogen-bond donors (Lipinski definition) is 0.